The van der Waals surface area contributed by atoms with Gasteiger partial charge in [0.25, 0.3) is 5.91 Å². The molecule has 7 heteroatoms. The predicted octanol–water partition coefficient (Wildman–Crippen LogP) is 3.43. The standard InChI is InChI=1S/C20H24N2O4S/c1-15-8-4-5-9-17(15)20(23)21-18-11-10-16(14-19(18)26-2)27(24,25)22-12-6-3-7-13-22/h4-5,8-11,14H,3,6-7,12-13H2,1-2H3,(H,21,23). The summed E-state index contributed by atoms with van der Waals surface area (Å²) in [5, 5.41) is 2.80. The molecule has 1 N–H and O–H groups in total. The highest BCUT2D eigenvalue weighted by Crippen LogP contribution is 2.30. The molecule has 1 aliphatic heterocycles. The van der Waals surface area contributed by atoms with Gasteiger partial charge in [0.05, 0.1) is 17.7 Å². The van der Waals surface area contributed by atoms with Crippen molar-refractivity contribution in [1.82, 2.24) is 4.31 Å². The third kappa shape index (κ3) is 4.14. The Morgan fingerprint density at radius 1 is 1.07 bits per heavy atom. The number of nitrogens with zero attached hydrogens (tertiary/aromatic N) is 1. The molecule has 0 atom stereocenters. The number of benzene rings is 2. The van der Waals surface area contributed by atoms with E-state index in [4.69, 9.17) is 4.74 Å². The van der Waals surface area contributed by atoms with Crippen LogP contribution in [-0.4, -0.2) is 38.8 Å². The SMILES string of the molecule is COc1cc(S(=O)(=O)N2CCCCC2)ccc1NC(=O)c1ccccc1C. The number of nitrogens with one attached hydrogen (secondary N) is 1. The zero-order valence-corrected chi connectivity index (χ0v) is 16.4. The average molecular weight is 388 g/mol. The van der Waals surface area contributed by atoms with Crippen LogP contribution in [0.25, 0.3) is 0 Å². The molecule has 1 amide bonds. The highest BCUT2D eigenvalue weighted by atomic mass is 32.2. The molecule has 0 unspecified atom stereocenters. The second kappa shape index (κ2) is 8.10. The van der Waals surface area contributed by atoms with Gasteiger partial charge < -0.3 is 10.1 Å². The van der Waals surface area contributed by atoms with E-state index in [0.29, 0.717) is 30.1 Å². The van der Waals surface area contributed by atoms with Crippen molar-refractivity contribution in [2.75, 3.05) is 25.5 Å². The Labute approximate surface area is 160 Å². The molecule has 1 saturated heterocycles. The van der Waals surface area contributed by atoms with Crippen molar-refractivity contribution >= 4 is 21.6 Å². The quantitative estimate of drug-likeness (QED) is 0.851. The minimum Gasteiger partial charge on any atom is -0.495 e. The number of carbonyl (C=O) groups excluding carboxylic acids is 1. The Balaban J connectivity index is 1.86. The summed E-state index contributed by atoms with van der Waals surface area (Å²) >= 11 is 0. The van der Waals surface area contributed by atoms with Gasteiger partial charge in [-0.15, -0.1) is 0 Å². The van der Waals surface area contributed by atoms with Crippen molar-refractivity contribution in [2.45, 2.75) is 31.1 Å². The minimum absolute atomic E-state index is 0.176. The summed E-state index contributed by atoms with van der Waals surface area (Å²) in [5.41, 5.74) is 1.85. The number of hydrogen-bond acceptors (Lipinski definition) is 4. The van der Waals surface area contributed by atoms with Crippen LogP contribution < -0.4 is 10.1 Å². The molecule has 0 saturated carbocycles. The van der Waals surface area contributed by atoms with Crippen LogP contribution in [0.4, 0.5) is 5.69 Å². The molecule has 0 spiro atoms. The number of sulfonamides is 1. The van der Waals surface area contributed by atoms with E-state index >= 15 is 0 Å². The maximum absolute atomic E-state index is 12.8. The topological polar surface area (TPSA) is 75.7 Å². The molecule has 1 heterocycles. The zero-order valence-electron chi connectivity index (χ0n) is 15.6. The molecule has 2 aromatic carbocycles. The average Bonchev–Trinajstić information content (AvgIpc) is 2.69. The van der Waals surface area contributed by atoms with E-state index in [2.05, 4.69) is 5.32 Å². The van der Waals surface area contributed by atoms with Gasteiger partial charge >= 0.3 is 0 Å². The second-order valence-electron chi connectivity index (χ2n) is 6.60. The molecule has 27 heavy (non-hydrogen) atoms. The number of rotatable bonds is 5. The third-order valence-corrected chi connectivity index (χ3v) is 6.66. The highest BCUT2D eigenvalue weighted by Gasteiger charge is 2.27. The van der Waals surface area contributed by atoms with Gasteiger partial charge in [-0.05, 0) is 43.5 Å². The number of amides is 1. The van der Waals surface area contributed by atoms with Gasteiger partial charge in [-0.1, -0.05) is 24.6 Å². The largest absolute Gasteiger partial charge is 0.495 e. The minimum atomic E-state index is -3.56. The first-order valence-corrected chi connectivity index (χ1v) is 10.4. The molecule has 0 aliphatic carbocycles. The maximum Gasteiger partial charge on any atom is 0.256 e. The van der Waals surface area contributed by atoms with Crippen LogP contribution in [0.2, 0.25) is 0 Å². The fourth-order valence-electron chi connectivity index (χ4n) is 3.21. The van der Waals surface area contributed by atoms with Crippen LogP contribution in [-0.2, 0) is 10.0 Å². The molecule has 3 rings (SSSR count). The van der Waals surface area contributed by atoms with Crippen molar-refractivity contribution in [3.8, 4) is 5.75 Å². The molecule has 0 bridgehead atoms. The molecule has 0 radical (unpaired) electrons. The zero-order chi connectivity index (χ0) is 19.4. The summed E-state index contributed by atoms with van der Waals surface area (Å²) in [6, 6.07) is 11.8. The smallest absolute Gasteiger partial charge is 0.256 e. The first-order valence-electron chi connectivity index (χ1n) is 8.98. The Bertz CT molecular complexity index is 935. The fourth-order valence-corrected chi connectivity index (χ4v) is 4.74. The van der Waals surface area contributed by atoms with Crippen LogP contribution >= 0.6 is 0 Å². The van der Waals surface area contributed by atoms with Gasteiger partial charge in [0.1, 0.15) is 5.75 Å². The summed E-state index contributed by atoms with van der Waals surface area (Å²) in [6.45, 7) is 2.94. The third-order valence-electron chi connectivity index (χ3n) is 4.76. The number of aryl methyl sites for hydroxylation is 1. The molecule has 1 aliphatic rings. The number of methoxy groups -OCH3 is 1. The summed E-state index contributed by atoms with van der Waals surface area (Å²) in [5.74, 6) is 0.0491. The van der Waals surface area contributed by atoms with E-state index in [1.165, 1.54) is 23.5 Å². The Morgan fingerprint density at radius 3 is 2.44 bits per heavy atom. The molecular weight excluding hydrogens is 364 g/mol. The number of anilines is 1. The van der Waals surface area contributed by atoms with E-state index in [1.54, 1.807) is 18.2 Å². The molecule has 144 valence electrons. The molecule has 1 fully saturated rings. The summed E-state index contributed by atoms with van der Waals surface area (Å²) in [4.78, 5) is 12.7. The normalized spacial score (nSPS) is 15.3. The fraction of sp³-hybridized carbons (Fsp3) is 0.350. The Hall–Kier alpha value is -2.38. The van der Waals surface area contributed by atoms with Gasteiger partial charge in [0, 0.05) is 24.7 Å². The van der Waals surface area contributed by atoms with Gasteiger partial charge in [-0.2, -0.15) is 4.31 Å². The number of ether oxygens (including phenoxy) is 1. The van der Waals surface area contributed by atoms with E-state index in [0.717, 1.165) is 24.8 Å². The van der Waals surface area contributed by atoms with E-state index < -0.39 is 10.0 Å². The van der Waals surface area contributed by atoms with E-state index in [1.807, 2.05) is 19.1 Å². The lowest BCUT2D eigenvalue weighted by Gasteiger charge is -2.26. The highest BCUT2D eigenvalue weighted by molar-refractivity contribution is 7.89. The molecule has 0 aromatic heterocycles. The molecule has 2 aromatic rings. The van der Waals surface area contributed by atoms with Crippen molar-refractivity contribution in [3.05, 3.63) is 53.6 Å². The summed E-state index contributed by atoms with van der Waals surface area (Å²) in [7, 11) is -2.10. The Morgan fingerprint density at radius 2 is 1.78 bits per heavy atom. The van der Waals surface area contributed by atoms with E-state index in [9.17, 15) is 13.2 Å². The predicted molar refractivity (Wildman–Crippen MR) is 105 cm³/mol. The number of piperidine rings is 1. The lowest BCUT2D eigenvalue weighted by Crippen LogP contribution is -2.35. The van der Waals surface area contributed by atoms with Gasteiger partial charge in [0.15, 0.2) is 0 Å². The maximum atomic E-state index is 12.8. The number of carbonyl (C=O) groups is 1. The van der Waals surface area contributed by atoms with Gasteiger partial charge in [0.2, 0.25) is 10.0 Å². The van der Waals surface area contributed by atoms with Crippen molar-refractivity contribution < 1.29 is 17.9 Å². The van der Waals surface area contributed by atoms with Crippen molar-refractivity contribution in [2.24, 2.45) is 0 Å². The monoisotopic (exact) mass is 388 g/mol. The van der Waals surface area contributed by atoms with Crippen molar-refractivity contribution in [1.29, 1.82) is 0 Å². The lowest BCUT2D eigenvalue weighted by molar-refractivity contribution is 0.102. The van der Waals surface area contributed by atoms with Gasteiger partial charge in [-0.25, -0.2) is 8.42 Å². The molecule has 6 nitrogen and oxygen atoms in total. The summed E-state index contributed by atoms with van der Waals surface area (Å²) in [6.07, 6.45) is 2.81. The van der Waals surface area contributed by atoms with Crippen LogP contribution in [0.1, 0.15) is 35.2 Å². The van der Waals surface area contributed by atoms with E-state index in [-0.39, 0.29) is 10.8 Å². The first-order chi connectivity index (χ1) is 12.9. The van der Waals surface area contributed by atoms with Crippen LogP contribution in [0, 0.1) is 6.92 Å². The number of hydrogen-bond donors (Lipinski definition) is 1. The first kappa shape index (κ1) is 19.4. The van der Waals surface area contributed by atoms with Crippen LogP contribution in [0.15, 0.2) is 47.4 Å². The van der Waals surface area contributed by atoms with Crippen molar-refractivity contribution in [3.63, 3.8) is 0 Å². The summed E-state index contributed by atoms with van der Waals surface area (Å²) < 4.78 is 32.5. The molecular formula is C20H24N2O4S. The van der Waals surface area contributed by atoms with Gasteiger partial charge in [-0.3, -0.25) is 4.79 Å². The second-order valence-corrected chi connectivity index (χ2v) is 8.53. The van der Waals surface area contributed by atoms with Crippen LogP contribution in [0.5, 0.6) is 5.75 Å². The lowest BCUT2D eigenvalue weighted by atomic mass is 10.1. The Kier molecular flexibility index (Phi) is 5.82. The van der Waals surface area contributed by atoms with Crippen LogP contribution in [0.3, 0.4) is 0 Å².